The highest BCUT2D eigenvalue weighted by Gasteiger charge is 2.17. The van der Waals surface area contributed by atoms with Crippen LogP contribution < -0.4 is 10.6 Å². The molecule has 3 aromatic heterocycles. The number of aromatic nitrogens is 4. The van der Waals surface area contributed by atoms with Crippen molar-refractivity contribution >= 4 is 28.4 Å². The molecule has 0 aliphatic rings. The van der Waals surface area contributed by atoms with Gasteiger partial charge in [-0.2, -0.15) is 5.10 Å². The Balaban J connectivity index is 1.44. The van der Waals surface area contributed by atoms with Crippen LogP contribution in [0.1, 0.15) is 6.92 Å². The van der Waals surface area contributed by atoms with Crippen LogP contribution in [-0.4, -0.2) is 25.8 Å². The summed E-state index contributed by atoms with van der Waals surface area (Å²) in [5.41, 5.74) is 6.48. The lowest BCUT2D eigenvalue weighted by atomic mass is 10.00. The maximum Gasteiger partial charge on any atom is 0.323 e. The number of fused-ring (bicyclic) bond motifs is 1. The number of para-hydroxylation sites is 1. The Labute approximate surface area is 185 Å². The molecule has 0 saturated heterocycles. The Morgan fingerprint density at radius 1 is 0.938 bits per heavy atom. The molecule has 0 atom stereocenters. The molecule has 32 heavy (non-hydrogen) atoms. The van der Waals surface area contributed by atoms with Gasteiger partial charge in [-0.3, -0.25) is 4.68 Å². The van der Waals surface area contributed by atoms with Crippen LogP contribution in [0.25, 0.3) is 33.4 Å². The second-order valence-corrected chi connectivity index (χ2v) is 7.34. The lowest BCUT2D eigenvalue weighted by molar-refractivity contribution is 0.262. The van der Waals surface area contributed by atoms with E-state index >= 15 is 0 Å². The molecule has 0 saturated carbocycles. The SMILES string of the molecule is CCn1ncc(-c2ccnc3[nH]ccc23)c1-c1ccc(NC(=O)Nc2ccccc2)cc1. The molecule has 0 aliphatic heterocycles. The van der Waals surface area contributed by atoms with Crippen molar-refractivity contribution in [2.45, 2.75) is 13.5 Å². The highest BCUT2D eigenvalue weighted by atomic mass is 16.2. The average Bonchev–Trinajstić information content (AvgIpc) is 3.47. The maximum atomic E-state index is 12.3. The molecule has 0 fully saturated rings. The zero-order valence-electron chi connectivity index (χ0n) is 17.5. The Kier molecular flexibility index (Phi) is 5.13. The van der Waals surface area contributed by atoms with Gasteiger partial charge in [0.1, 0.15) is 5.65 Å². The zero-order valence-corrected chi connectivity index (χ0v) is 17.5. The first-order chi connectivity index (χ1) is 15.7. The van der Waals surface area contributed by atoms with Crippen molar-refractivity contribution in [1.29, 1.82) is 0 Å². The topological polar surface area (TPSA) is 87.6 Å². The number of benzene rings is 2. The van der Waals surface area contributed by atoms with Crippen molar-refractivity contribution in [2.24, 2.45) is 0 Å². The molecule has 2 amide bonds. The second-order valence-electron chi connectivity index (χ2n) is 7.34. The van der Waals surface area contributed by atoms with Crippen molar-refractivity contribution in [3.05, 3.63) is 85.3 Å². The summed E-state index contributed by atoms with van der Waals surface area (Å²) in [5, 5.41) is 11.4. The van der Waals surface area contributed by atoms with Crippen LogP contribution in [0.2, 0.25) is 0 Å². The van der Waals surface area contributed by atoms with Crippen LogP contribution in [0.3, 0.4) is 0 Å². The standard InChI is InChI=1S/C25H22N6O/c1-2-31-23(22(16-28-31)20-12-14-26-24-21(20)13-15-27-24)17-8-10-19(11-9-17)30-25(32)29-18-6-4-3-5-7-18/h3-16H,2H2,1H3,(H,26,27)(H2,29,30,32). The normalized spacial score (nSPS) is 10.9. The van der Waals surface area contributed by atoms with Crippen molar-refractivity contribution in [3.63, 3.8) is 0 Å². The van der Waals surface area contributed by atoms with Crippen molar-refractivity contribution < 1.29 is 4.79 Å². The van der Waals surface area contributed by atoms with Gasteiger partial charge >= 0.3 is 6.03 Å². The number of nitrogens with one attached hydrogen (secondary N) is 3. The molecule has 3 N–H and O–H groups in total. The number of amides is 2. The van der Waals surface area contributed by atoms with E-state index in [2.05, 4.69) is 32.6 Å². The summed E-state index contributed by atoms with van der Waals surface area (Å²) >= 11 is 0. The number of aryl methyl sites for hydroxylation is 1. The average molecular weight is 422 g/mol. The van der Waals surface area contributed by atoms with Crippen molar-refractivity contribution in [3.8, 4) is 22.4 Å². The number of H-pyrrole nitrogens is 1. The van der Waals surface area contributed by atoms with Gasteiger partial charge in [0.25, 0.3) is 0 Å². The number of hydrogen-bond donors (Lipinski definition) is 3. The van der Waals surface area contributed by atoms with Crippen LogP contribution in [0.4, 0.5) is 16.2 Å². The maximum absolute atomic E-state index is 12.3. The molecular weight excluding hydrogens is 400 g/mol. The van der Waals surface area contributed by atoms with E-state index in [1.54, 1.807) is 6.20 Å². The van der Waals surface area contributed by atoms with E-state index in [1.165, 1.54) is 0 Å². The first kappa shape index (κ1) is 19.6. The van der Waals surface area contributed by atoms with Gasteiger partial charge in [-0.05, 0) is 48.9 Å². The van der Waals surface area contributed by atoms with Gasteiger partial charge in [0, 0.05) is 46.8 Å². The molecule has 0 bridgehead atoms. The van der Waals surface area contributed by atoms with Crippen LogP contribution in [-0.2, 0) is 6.54 Å². The summed E-state index contributed by atoms with van der Waals surface area (Å²) in [6.45, 7) is 2.82. The highest BCUT2D eigenvalue weighted by Crippen LogP contribution is 2.36. The predicted molar refractivity (Wildman–Crippen MR) is 128 cm³/mol. The number of nitrogens with zero attached hydrogens (tertiary/aromatic N) is 3. The molecular formula is C25H22N6O. The minimum Gasteiger partial charge on any atom is -0.346 e. The minimum absolute atomic E-state index is 0.283. The number of carbonyl (C=O) groups is 1. The number of carbonyl (C=O) groups excluding carboxylic acids is 1. The molecule has 158 valence electrons. The van der Waals surface area contributed by atoms with E-state index in [9.17, 15) is 4.79 Å². The zero-order chi connectivity index (χ0) is 21.9. The molecule has 2 aromatic carbocycles. The fraction of sp³-hybridized carbons (Fsp3) is 0.0800. The van der Waals surface area contributed by atoms with Crippen LogP contribution in [0.15, 0.2) is 85.3 Å². The van der Waals surface area contributed by atoms with Gasteiger partial charge in [0.15, 0.2) is 0 Å². The van der Waals surface area contributed by atoms with E-state index < -0.39 is 0 Å². The van der Waals surface area contributed by atoms with E-state index in [0.29, 0.717) is 5.69 Å². The summed E-state index contributed by atoms with van der Waals surface area (Å²) in [6, 6.07) is 20.9. The van der Waals surface area contributed by atoms with Gasteiger partial charge in [0.2, 0.25) is 0 Å². The summed E-state index contributed by atoms with van der Waals surface area (Å²) in [7, 11) is 0. The lowest BCUT2D eigenvalue weighted by Gasteiger charge is -2.11. The third-order valence-electron chi connectivity index (χ3n) is 5.34. The van der Waals surface area contributed by atoms with Gasteiger partial charge in [-0.15, -0.1) is 0 Å². The van der Waals surface area contributed by atoms with Crippen LogP contribution >= 0.6 is 0 Å². The number of anilines is 2. The molecule has 7 heteroatoms. The molecule has 0 radical (unpaired) electrons. The summed E-state index contributed by atoms with van der Waals surface area (Å²) in [4.78, 5) is 19.9. The largest absolute Gasteiger partial charge is 0.346 e. The van der Waals surface area contributed by atoms with Crippen LogP contribution in [0.5, 0.6) is 0 Å². The molecule has 7 nitrogen and oxygen atoms in total. The lowest BCUT2D eigenvalue weighted by Crippen LogP contribution is -2.19. The monoisotopic (exact) mass is 422 g/mol. The number of aromatic amines is 1. The van der Waals surface area contributed by atoms with Crippen molar-refractivity contribution in [1.82, 2.24) is 19.7 Å². The number of hydrogen-bond acceptors (Lipinski definition) is 3. The summed E-state index contributed by atoms with van der Waals surface area (Å²) in [6.07, 6.45) is 5.60. The molecule has 0 aliphatic carbocycles. The second kappa shape index (κ2) is 8.39. The van der Waals surface area contributed by atoms with E-state index in [1.807, 2.05) is 83.8 Å². The number of urea groups is 1. The van der Waals surface area contributed by atoms with Gasteiger partial charge in [0.05, 0.1) is 11.9 Å². The smallest absolute Gasteiger partial charge is 0.323 e. The summed E-state index contributed by atoms with van der Waals surface area (Å²) in [5.74, 6) is 0. The molecule has 0 unspecified atom stereocenters. The Hall–Kier alpha value is -4.39. The predicted octanol–water partition coefficient (Wildman–Crippen LogP) is 5.76. The van der Waals surface area contributed by atoms with E-state index in [4.69, 9.17) is 0 Å². The van der Waals surface area contributed by atoms with Crippen molar-refractivity contribution in [2.75, 3.05) is 10.6 Å². The van der Waals surface area contributed by atoms with E-state index in [-0.39, 0.29) is 6.03 Å². The quantitative estimate of drug-likeness (QED) is 0.337. The number of rotatable bonds is 5. The van der Waals surface area contributed by atoms with Crippen LogP contribution in [0, 0.1) is 0 Å². The Morgan fingerprint density at radius 2 is 1.69 bits per heavy atom. The summed E-state index contributed by atoms with van der Waals surface area (Å²) < 4.78 is 1.98. The molecule has 0 spiro atoms. The first-order valence-corrected chi connectivity index (χ1v) is 10.4. The third kappa shape index (κ3) is 3.72. The first-order valence-electron chi connectivity index (χ1n) is 10.4. The van der Waals surface area contributed by atoms with Gasteiger partial charge in [-0.1, -0.05) is 30.3 Å². The fourth-order valence-electron chi connectivity index (χ4n) is 3.85. The molecule has 3 heterocycles. The highest BCUT2D eigenvalue weighted by molar-refractivity contribution is 6.00. The number of pyridine rings is 1. The van der Waals surface area contributed by atoms with Gasteiger partial charge in [-0.25, -0.2) is 9.78 Å². The minimum atomic E-state index is -0.283. The van der Waals surface area contributed by atoms with E-state index in [0.717, 1.165) is 45.6 Å². The molecule has 5 rings (SSSR count). The fourth-order valence-corrected chi connectivity index (χ4v) is 3.85. The molecule has 5 aromatic rings. The third-order valence-corrected chi connectivity index (χ3v) is 5.34. The van der Waals surface area contributed by atoms with Gasteiger partial charge < -0.3 is 15.6 Å². The Bertz CT molecular complexity index is 1370. The Morgan fingerprint density at radius 3 is 2.44 bits per heavy atom.